The minimum atomic E-state index is -1.08. The third-order valence-electron chi connectivity index (χ3n) is 4.47. The van der Waals surface area contributed by atoms with Crippen molar-refractivity contribution in [2.75, 3.05) is 12.3 Å². The highest BCUT2D eigenvalue weighted by molar-refractivity contribution is 7.80. The Morgan fingerprint density at radius 1 is 1.19 bits per heavy atom. The van der Waals surface area contributed by atoms with Crippen molar-refractivity contribution in [2.24, 2.45) is 0 Å². The zero-order valence-corrected chi connectivity index (χ0v) is 21.0. The minimum absolute atomic E-state index is 0.0105. The van der Waals surface area contributed by atoms with Gasteiger partial charge in [-0.2, -0.15) is 12.6 Å². The molecule has 2 atom stereocenters. The van der Waals surface area contributed by atoms with Gasteiger partial charge in [0.05, 0.1) is 0 Å². The number of ether oxygens (including phenoxy) is 1. The van der Waals surface area contributed by atoms with Gasteiger partial charge in [-0.15, -0.1) is 0 Å². The fourth-order valence-electron chi connectivity index (χ4n) is 3.16. The summed E-state index contributed by atoms with van der Waals surface area (Å²) in [5.74, 6) is -0.945. The molecule has 0 bridgehead atoms. The van der Waals surface area contributed by atoms with Gasteiger partial charge >= 0.3 is 6.09 Å². The zero-order valence-electron chi connectivity index (χ0n) is 20.1. The van der Waals surface area contributed by atoms with Crippen molar-refractivity contribution in [2.45, 2.75) is 78.6 Å². The van der Waals surface area contributed by atoms with Crippen LogP contribution in [0.15, 0.2) is 18.2 Å². The first-order valence-corrected chi connectivity index (χ1v) is 11.4. The number of phenols is 1. The fourth-order valence-corrected chi connectivity index (χ4v) is 3.41. The van der Waals surface area contributed by atoms with Crippen LogP contribution < -0.4 is 10.6 Å². The van der Waals surface area contributed by atoms with Crippen LogP contribution in [0.2, 0.25) is 0 Å². The van der Waals surface area contributed by atoms with Gasteiger partial charge < -0.3 is 25.4 Å². The molecule has 0 saturated carbocycles. The molecule has 1 rings (SSSR count). The summed E-state index contributed by atoms with van der Waals surface area (Å²) in [7, 11) is 0. The van der Waals surface area contributed by atoms with E-state index in [1.807, 2.05) is 20.8 Å². The topological polar surface area (TPSA) is 108 Å². The number of aromatic hydroxyl groups is 1. The maximum atomic E-state index is 13.5. The van der Waals surface area contributed by atoms with E-state index in [9.17, 15) is 19.5 Å². The van der Waals surface area contributed by atoms with Gasteiger partial charge in [-0.1, -0.05) is 25.1 Å². The Bertz CT molecular complexity index is 807. The molecule has 1 aromatic rings. The van der Waals surface area contributed by atoms with E-state index in [2.05, 4.69) is 23.3 Å². The number of carbonyl (C=O) groups is 3. The highest BCUT2D eigenvalue weighted by Crippen LogP contribution is 2.32. The lowest BCUT2D eigenvalue weighted by Crippen LogP contribution is -2.54. The largest absolute Gasteiger partial charge is 0.507 e. The molecule has 0 aliphatic heterocycles. The van der Waals surface area contributed by atoms with E-state index in [0.29, 0.717) is 17.5 Å². The quantitative estimate of drug-likeness (QED) is 0.417. The monoisotopic (exact) mass is 467 g/mol. The molecule has 2 unspecified atom stereocenters. The Morgan fingerprint density at radius 3 is 2.31 bits per heavy atom. The average molecular weight is 468 g/mol. The second kappa shape index (κ2) is 12.0. The molecule has 0 fully saturated rings. The number of hydrogen-bond acceptors (Lipinski definition) is 6. The van der Waals surface area contributed by atoms with Crippen molar-refractivity contribution < 1.29 is 24.2 Å². The molecule has 0 heterocycles. The number of benzene rings is 1. The van der Waals surface area contributed by atoms with Gasteiger partial charge in [-0.25, -0.2) is 4.79 Å². The predicted octanol–water partition coefficient (Wildman–Crippen LogP) is 3.33. The molecule has 32 heavy (non-hydrogen) atoms. The third kappa shape index (κ3) is 7.93. The molecule has 0 spiro atoms. The van der Waals surface area contributed by atoms with E-state index in [0.717, 1.165) is 0 Å². The predicted molar refractivity (Wildman–Crippen MR) is 128 cm³/mol. The number of thiol groups is 1. The molecule has 0 aliphatic rings. The van der Waals surface area contributed by atoms with Crippen LogP contribution in [-0.2, 0) is 14.3 Å². The molecule has 180 valence electrons. The molecule has 3 amide bonds. The Morgan fingerprint density at radius 2 is 1.81 bits per heavy atom. The van der Waals surface area contributed by atoms with Crippen molar-refractivity contribution in [3.8, 4) is 5.75 Å². The number of carbonyl (C=O) groups excluding carboxylic acids is 3. The van der Waals surface area contributed by atoms with E-state index >= 15 is 0 Å². The van der Waals surface area contributed by atoms with Gasteiger partial charge in [-0.3, -0.25) is 9.59 Å². The first kappa shape index (κ1) is 27.6. The van der Waals surface area contributed by atoms with Crippen molar-refractivity contribution >= 4 is 30.5 Å². The van der Waals surface area contributed by atoms with Crippen LogP contribution in [0.25, 0.3) is 0 Å². The number of nitrogens with zero attached hydrogens (tertiary/aromatic N) is 1. The fraction of sp³-hybridized carbons (Fsp3) is 0.609. The van der Waals surface area contributed by atoms with E-state index in [1.165, 1.54) is 4.90 Å². The van der Waals surface area contributed by atoms with Gasteiger partial charge in [0, 0.05) is 23.9 Å². The molecule has 9 heteroatoms. The molecule has 0 aliphatic carbocycles. The molecule has 0 radical (unpaired) electrons. The normalized spacial score (nSPS) is 13.3. The summed E-state index contributed by atoms with van der Waals surface area (Å²) in [5, 5.41) is 16.1. The lowest BCUT2D eigenvalue weighted by molar-refractivity contribution is -0.142. The van der Waals surface area contributed by atoms with Crippen LogP contribution in [0, 0.1) is 6.92 Å². The van der Waals surface area contributed by atoms with Gasteiger partial charge in [0.25, 0.3) is 0 Å². The number of para-hydroxylation sites is 1. The number of hydrogen-bond donors (Lipinski definition) is 4. The van der Waals surface area contributed by atoms with Gasteiger partial charge in [-0.05, 0) is 53.5 Å². The van der Waals surface area contributed by atoms with E-state index < -0.39 is 35.6 Å². The second-order valence-corrected chi connectivity index (χ2v) is 9.36. The van der Waals surface area contributed by atoms with E-state index in [4.69, 9.17) is 4.74 Å². The van der Waals surface area contributed by atoms with Crippen LogP contribution in [0.5, 0.6) is 5.75 Å². The number of amides is 3. The van der Waals surface area contributed by atoms with Gasteiger partial charge in [0.1, 0.15) is 23.4 Å². The molecule has 3 N–H and O–H groups in total. The van der Waals surface area contributed by atoms with E-state index in [1.54, 1.807) is 45.9 Å². The lowest BCUT2D eigenvalue weighted by atomic mass is 9.99. The molecule has 0 saturated heterocycles. The summed E-state index contributed by atoms with van der Waals surface area (Å²) in [6.07, 6.45) is -0.182. The molecule has 1 aromatic carbocycles. The van der Waals surface area contributed by atoms with Gasteiger partial charge in [0.15, 0.2) is 0 Å². The summed E-state index contributed by atoms with van der Waals surface area (Å²) < 4.78 is 5.27. The molecular weight excluding hydrogens is 430 g/mol. The highest BCUT2D eigenvalue weighted by atomic mass is 32.1. The van der Waals surface area contributed by atoms with Crippen LogP contribution >= 0.6 is 12.6 Å². The number of phenolic OH excluding ortho intramolecular Hbond substituents is 1. The van der Waals surface area contributed by atoms with Crippen LogP contribution in [0.1, 0.15) is 65.1 Å². The number of aryl methyl sites for hydroxylation is 1. The standard InChI is InChI=1S/C23H37N3O5S/c1-8-12-26(21(29)17(13-32)25-22(30)31-23(5,6)7)18(20(28)24-14(2)3)16-11-9-10-15(4)19(16)27/h9-11,14,17-18,27,32H,8,12-13H2,1-7H3,(H,24,28)(H,25,30). The number of nitrogens with one attached hydrogen (secondary N) is 2. The number of rotatable bonds is 9. The summed E-state index contributed by atoms with van der Waals surface area (Å²) in [4.78, 5) is 40.4. The first-order chi connectivity index (χ1) is 14.8. The second-order valence-electron chi connectivity index (χ2n) is 8.99. The molecule has 8 nitrogen and oxygen atoms in total. The minimum Gasteiger partial charge on any atom is -0.507 e. The average Bonchev–Trinajstić information content (AvgIpc) is 2.66. The smallest absolute Gasteiger partial charge is 0.408 e. The summed E-state index contributed by atoms with van der Waals surface area (Å²) in [6.45, 7) is 12.6. The summed E-state index contributed by atoms with van der Waals surface area (Å²) in [5.41, 5.74) is 0.177. The Labute approximate surface area is 196 Å². The summed E-state index contributed by atoms with van der Waals surface area (Å²) >= 11 is 4.24. The zero-order chi connectivity index (χ0) is 24.6. The number of alkyl carbamates (subject to hydrolysis) is 1. The van der Waals surface area contributed by atoms with Crippen molar-refractivity contribution in [1.29, 1.82) is 0 Å². The maximum Gasteiger partial charge on any atom is 0.408 e. The first-order valence-electron chi connectivity index (χ1n) is 10.8. The van der Waals surface area contributed by atoms with Crippen LogP contribution in [0.3, 0.4) is 0 Å². The Hall–Kier alpha value is -2.42. The molecule has 0 aromatic heterocycles. The van der Waals surface area contributed by atoms with Crippen molar-refractivity contribution in [3.05, 3.63) is 29.3 Å². The molecular formula is C23H37N3O5S. The Balaban J connectivity index is 3.39. The van der Waals surface area contributed by atoms with Gasteiger partial charge in [0.2, 0.25) is 11.8 Å². The summed E-state index contributed by atoms with van der Waals surface area (Å²) in [6, 6.07) is 2.82. The highest BCUT2D eigenvalue weighted by Gasteiger charge is 2.37. The van der Waals surface area contributed by atoms with Crippen LogP contribution in [0.4, 0.5) is 4.79 Å². The lowest BCUT2D eigenvalue weighted by Gasteiger charge is -2.34. The Kier molecular flexibility index (Phi) is 10.3. The van der Waals surface area contributed by atoms with Crippen LogP contribution in [-0.4, -0.2) is 57.9 Å². The van der Waals surface area contributed by atoms with Crippen molar-refractivity contribution in [3.63, 3.8) is 0 Å². The third-order valence-corrected chi connectivity index (χ3v) is 4.84. The SMILES string of the molecule is CCCN(C(=O)C(CS)NC(=O)OC(C)(C)C)C(C(=O)NC(C)C)c1cccc(C)c1O. The maximum absolute atomic E-state index is 13.5. The van der Waals surface area contributed by atoms with Crippen molar-refractivity contribution in [1.82, 2.24) is 15.5 Å². The van der Waals surface area contributed by atoms with E-state index in [-0.39, 0.29) is 24.1 Å².